The van der Waals surface area contributed by atoms with Crippen LogP contribution in [-0.2, 0) is 4.79 Å². The van der Waals surface area contributed by atoms with Crippen LogP contribution in [0.25, 0.3) is 0 Å². The zero-order valence-electron chi connectivity index (χ0n) is 13.9. The van der Waals surface area contributed by atoms with Gasteiger partial charge >= 0.3 is 0 Å². The molecule has 0 radical (unpaired) electrons. The molecule has 2 N–H and O–H groups in total. The molecule has 1 saturated carbocycles. The molecule has 2 unspecified atom stereocenters. The highest BCUT2D eigenvalue weighted by Crippen LogP contribution is 2.39. The standard InChI is InChI=1S/C18H28N2O/c1-12-6-7-15(19-14(3)21)10-17(12)20-16-8-9-18(4,5)11-13(16)2/h6-7,10,13,16,20H,8-9,11H2,1-5H3,(H,19,21). The van der Waals surface area contributed by atoms with Crippen molar-refractivity contribution in [3.05, 3.63) is 23.8 Å². The van der Waals surface area contributed by atoms with Crippen molar-refractivity contribution in [2.75, 3.05) is 10.6 Å². The van der Waals surface area contributed by atoms with Gasteiger partial charge in [-0.2, -0.15) is 0 Å². The van der Waals surface area contributed by atoms with E-state index in [0.29, 0.717) is 17.4 Å². The highest BCUT2D eigenvalue weighted by molar-refractivity contribution is 5.89. The number of hydrogen-bond acceptors (Lipinski definition) is 2. The Bertz CT molecular complexity index is 522. The molecule has 0 spiro atoms. The summed E-state index contributed by atoms with van der Waals surface area (Å²) in [4.78, 5) is 11.2. The normalized spacial score (nSPS) is 24.4. The molecule has 3 heteroatoms. The van der Waals surface area contributed by atoms with Crippen molar-refractivity contribution >= 4 is 17.3 Å². The van der Waals surface area contributed by atoms with Gasteiger partial charge in [-0.3, -0.25) is 4.79 Å². The van der Waals surface area contributed by atoms with Crippen LogP contribution in [0.1, 0.15) is 52.5 Å². The zero-order valence-corrected chi connectivity index (χ0v) is 13.9. The van der Waals surface area contributed by atoms with E-state index < -0.39 is 0 Å². The van der Waals surface area contributed by atoms with Crippen molar-refractivity contribution in [1.29, 1.82) is 0 Å². The van der Waals surface area contributed by atoms with E-state index in [2.05, 4.69) is 44.4 Å². The van der Waals surface area contributed by atoms with Crippen LogP contribution in [0.15, 0.2) is 18.2 Å². The highest BCUT2D eigenvalue weighted by Gasteiger charge is 2.32. The van der Waals surface area contributed by atoms with Crippen LogP contribution in [0.3, 0.4) is 0 Å². The molecule has 0 aliphatic heterocycles. The molecule has 0 aromatic heterocycles. The van der Waals surface area contributed by atoms with Gasteiger partial charge in [0.15, 0.2) is 0 Å². The number of amides is 1. The number of aryl methyl sites for hydroxylation is 1. The summed E-state index contributed by atoms with van der Waals surface area (Å²) >= 11 is 0. The molecule has 1 aliphatic rings. The second-order valence-corrected chi connectivity index (χ2v) is 7.35. The van der Waals surface area contributed by atoms with Gasteiger partial charge in [-0.05, 0) is 55.2 Å². The van der Waals surface area contributed by atoms with Gasteiger partial charge in [-0.1, -0.05) is 26.8 Å². The van der Waals surface area contributed by atoms with Gasteiger partial charge in [-0.25, -0.2) is 0 Å². The maximum atomic E-state index is 11.2. The molecular formula is C18H28N2O. The Morgan fingerprint density at radius 3 is 2.67 bits per heavy atom. The topological polar surface area (TPSA) is 41.1 Å². The number of carbonyl (C=O) groups excluding carboxylic acids is 1. The molecule has 1 aromatic rings. The molecule has 1 aromatic carbocycles. The Morgan fingerprint density at radius 2 is 2.05 bits per heavy atom. The SMILES string of the molecule is CC(=O)Nc1ccc(C)c(NC2CCC(C)(C)CC2C)c1. The smallest absolute Gasteiger partial charge is 0.221 e. The van der Waals surface area contributed by atoms with Crippen LogP contribution in [0.2, 0.25) is 0 Å². The third kappa shape index (κ3) is 4.23. The number of benzene rings is 1. The Morgan fingerprint density at radius 1 is 1.33 bits per heavy atom. The van der Waals surface area contributed by atoms with Gasteiger partial charge < -0.3 is 10.6 Å². The second-order valence-electron chi connectivity index (χ2n) is 7.35. The number of hydrogen-bond donors (Lipinski definition) is 2. The first-order valence-corrected chi connectivity index (χ1v) is 7.92. The second kappa shape index (κ2) is 6.08. The summed E-state index contributed by atoms with van der Waals surface area (Å²) in [5.41, 5.74) is 3.68. The molecule has 2 atom stereocenters. The van der Waals surface area contributed by atoms with Gasteiger partial charge in [0, 0.05) is 24.3 Å². The van der Waals surface area contributed by atoms with Crippen LogP contribution in [0, 0.1) is 18.3 Å². The average molecular weight is 288 g/mol. The van der Waals surface area contributed by atoms with Crippen LogP contribution in [-0.4, -0.2) is 11.9 Å². The molecule has 0 saturated heterocycles. The number of anilines is 2. The van der Waals surface area contributed by atoms with E-state index in [9.17, 15) is 4.79 Å². The first-order valence-electron chi connectivity index (χ1n) is 7.92. The lowest BCUT2D eigenvalue weighted by atomic mass is 9.70. The first-order chi connectivity index (χ1) is 9.77. The van der Waals surface area contributed by atoms with Gasteiger partial charge in [0.1, 0.15) is 0 Å². The number of nitrogens with one attached hydrogen (secondary N) is 2. The fourth-order valence-electron chi connectivity index (χ4n) is 3.42. The quantitative estimate of drug-likeness (QED) is 0.854. The molecule has 3 nitrogen and oxygen atoms in total. The van der Waals surface area contributed by atoms with Crippen molar-refractivity contribution < 1.29 is 4.79 Å². The Balaban J connectivity index is 2.10. The molecule has 21 heavy (non-hydrogen) atoms. The lowest BCUT2D eigenvalue weighted by Crippen LogP contribution is -2.37. The van der Waals surface area contributed by atoms with Crippen LogP contribution in [0.4, 0.5) is 11.4 Å². The lowest BCUT2D eigenvalue weighted by Gasteiger charge is -2.40. The third-order valence-corrected chi connectivity index (χ3v) is 4.59. The largest absolute Gasteiger partial charge is 0.382 e. The zero-order chi connectivity index (χ0) is 15.6. The van der Waals surface area contributed by atoms with E-state index in [0.717, 1.165) is 11.4 Å². The minimum atomic E-state index is -0.0300. The minimum absolute atomic E-state index is 0.0300. The van der Waals surface area contributed by atoms with Crippen molar-refractivity contribution in [3.8, 4) is 0 Å². The average Bonchev–Trinajstić information content (AvgIpc) is 2.35. The van der Waals surface area contributed by atoms with E-state index in [-0.39, 0.29) is 5.91 Å². The van der Waals surface area contributed by atoms with Crippen LogP contribution in [0.5, 0.6) is 0 Å². The van der Waals surface area contributed by atoms with Crippen molar-refractivity contribution in [2.24, 2.45) is 11.3 Å². The summed E-state index contributed by atoms with van der Waals surface area (Å²) in [6.07, 6.45) is 3.73. The summed E-state index contributed by atoms with van der Waals surface area (Å²) in [6.45, 7) is 10.7. The predicted octanol–water partition coefficient (Wildman–Crippen LogP) is 4.58. The van der Waals surface area contributed by atoms with Crippen molar-refractivity contribution in [2.45, 2.75) is 59.9 Å². The van der Waals surface area contributed by atoms with Gasteiger partial charge in [0.05, 0.1) is 0 Å². The molecule has 0 bridgehead atoms. The van der Waals surface area contributed by atoms with E-state index in [1.807, 2.05) is 12.1 Å². The summed E-state index contributed by atoms with van der Waals surface area (Å²) in [6, 6.07) is 6.58. The molecule has 0 heterocycles. The fraction of sp³-hybridized carbons (Fsp3) is 0.611. The summed E-state index contributed by atoms with van der Waals surface area (Å²) in [5, 5.41) is 6.55. The molecule has 1 amide bonds. The molecule has 1 aliphatic carbocycles. The van der Waals surface area contributed by atoms with Gasteiger partial charge in [0.2, 0.25) is 5.91 Å². The summed E-state index contributed by atoms with van der Waals surface area (Å²) < 4.78 is 0. The molecular weight excluding hydrogens is 260 g/mol. The Hall–Kier alpha value is -1.51. The number of rotatable bonds is 3. The predicted molar refractivity (Wildman–Crippen MR) is 89.7 cm³/mol. The van der Waals surface area contributed by atoms with E-state index in [1.54, 1.807) is 0 Å². The summed E-state index contributed by atoms with van der Waals surface area (Å²) in [7, 11) is 0. The summed E-state index contributed by atoms with van der Waals surface area (Å²) in [5.74, 6) is 0.634. The highest BCUT2D eigenvalue weighted by atomic mass is 16.1. The van der Waals surface area contributed by atoms with E-state index in [1.165, 1.54) is 31.7 Å². The third-order valence-electron chi connectivity index (χ3n) is 4.59. The van der Waals surface area contributed by atoms with Crippen molar-refractivity contribution in [1.82, 2.24) is 0 Å². The Labute approximate surface area is 128 Å². The van der Waals surface area contributed by atoms with Crippen LogP contribution >= 0.6 is 0 Å². The minimum Gasteiger partial charge on any atom is -0.382 e. The number of carbonyl (C=O) groups is 1. The maximum Gasteiger partial charge on any atom is 0.221 e. The maximum absolute atomic E-state index is 11.2. The van der Waals surface area contributed by atoms with E-state index in [4.69, 9.17) is 0 Å². The monoisotopic (exact) mass is 288 g/mol. The van der Waals surface area contributed by atoms with Gasteiger partial charge in [0.25, 0.3) is 0 Å². The molecule has 116 valence electrons. The van der Waals surface area contributed by atoms with Gasteiger partial charge in [-0.15, -0.1) is 0 Å². The molecule has 1 fully saturated rings. The van der Waals surface area contributed by atoms with Crippen molar-refractivity contribution in [3.63, 3.8) is 0 Å². The molecule has 2 rings (SSSR count). The first kappa shape index (κ1) is 15.9. The van der Waals surface area contributed by atoms with Crippen LogP contribution < -0.4 is 10.6 Å². The van der Waals surface area contributed by atoms with E-state index >= 15 is 0 Å². The lowest BCUT2D eigenvalue weighted by molar-refractivity contribution is -0.114. The fourth-order valence-corrected chi connectivity index (χ4v) is 3.42. The Kier molecular flexibility index (Phi) is 4.60.